The maximum absolute atomic E-state index is 6.20. The molecule has 0 spiro atoms. The predicted octanol–water partition coefficient (Wildman–Crippen LogP) is 3.92. The van der Waals surface area contributed by atoms with Crippen molar-refractivity contribution in [2.45, 2.75) is 13.0 Å². The highest BCUT2D eigenvalue weighted by molar-refractivity contribution is 7.20. The topological polar surface area (TPSA) is 47.3 Å². The molecule has 2 rings (SSSR count). The number of hydrazine groups is 1. The lowest BCUT2D eigenvalue weighted by Crippen LogP contribution is -2.29. The second-order valence-corrected chi connectivity index (χ2v) is 6.41. The van der Waals surface area contributed by atoms with Gasteiger partial charge in [-0.3, -0.25) is 5.84 Å². The monoisotopic (exact) mass is 316 g/mol. The summed E-state index contributed by atoms with van der Waals surface area (Å²) in [7, 11) is 1.63. The molecule has 1 aromatic heterocycles. The molecule has 1 aromatic carbocycles. The van der Waals surface area contributed by atoms with E-state index in [1.165, 1.54) is 11.3 Å². The average molecular weight is 317 g/mol. The number of nitrogens with one attached hydrogen (secondary N) is 1. The van der Waals surface area contributed by atoms with Crippen LogP contribution in [0.2, 0.25) is 8.67 Å². The molecular weight excluding hydrogens is 303 g/mol. The number of halogens is 2. The zero-order valence-corrected chi connectivity index (χ0v) is 12.9. The van der Waals surface area contributed by atoms with E-state index in [1.54, 1.807) is 7.11 Å². The molecule has 0 fully saturated rings. The fraction of sp³-hybridized carbons (Fsp3) is 0.231. The Morgan fingerprint density at radius 3 is 2.53 bits per heavy atom. The molecule has 0 saturated carbocycles. The Hall–Kier alpha value is -0.780. The quantitative estimate of drug-likeness (QED) is 0.663. The Bertz CT molecular complexity index is 586. The van der Waals surface area contributed by atoms with Crippen molar-refractivity contribution in [1.82, 2.24) is 5.43 Å². The van der Waals surface area contributed by atoms with Crippen LogP contribution in [-0.2, 0) is 0 Å². The van der Waals surface area contributed by atoms with Crippen molar-refractivity contribution in [3.05, 3.63) is 49.6 Å². The van der Waals surface area contributed by atoms with Gasteiger partial charge in [0.2, 0.25) is 0 Å². The number of benzene rings is 1. The van der Waals surface area contributed by atoms with Crippen molar-refractivity contribution >= 4 is 34.5 Å². The first-order valence-corrected chi connectivity index (χ1v) is 7.19. The van der Waals surface area contributed by atoms with Gasteiger partial charge in [-0.2, -0.15) is 0 Å². The van der Waals surface area contributed by atoms with Gasteiger partial charge in [-0.25, -0.2) is 5.43 Å². The van der Waals surface area contributed by atoms with Crippen LogP contribution in [0.25, 0.3) is 0 Å². The van der Waals surface area contributed by atoms with Crippen LogP contribution in [0.4, 0.5) is 0 Å². The fourth-order valence-corrected chi connectivity index (χ4v) is 3.51. The van der Waals surface area contributed by atoms with E-state index in [2.05, 4.69) is 5.43 Å². The van der Waals surface area contributed by atoms with Crippen molar-refractivity contribution in [2.24, 2.45) is 5.84 Å². The number of methoxy groups -OCH3 is 1. The average Bonchev–Trinajstić information content (AvgIpc) is 2.70. The summed E-state index contributed by atoms with van der Waals surface area (Å²) in [5.41, 5.74) is 5.68. The van der Waals surface area contributed by atoms with Gasteiger partial charge in [0.05, 0.1) is 21.8 Å². The van der Waals surface area contributed by atoms with Crippen LogP contribution in [0.5, 0.6) is 5.75 Å². The minimum absolute atomic E-state index is 0.258. The van der Waals surface area contributed by atoms with Gasteiger partial charge >= 0.3 is 0 Å². The summed E-state index contributed by atoms with van der Waals surface area (Å²) >= 11 is 13.5. The zero-order valence-electron chi connectivity index (χ0n) is 10.5. The predicted molar refractivity (Wildman–Crippen MR) is 81.2 cm³/mol. The van der Waals surface area contributed by atoms with E-state index in [1.807, 2.05) is 31.2 Å². The molecule has 19 heavy (non-hydrogen) atoms. The van der Waals surface area contributed by atoms with E-state index < -0.39 is 0 Å². The molecule has 0 aliphatic rings. The minimum Gasteiger partial charge on any atom is -0.496 e. The van der Waals surface area contributed by atoms with Gasteiger partial charge in [-0.15, -0.1) is 11.3 Å². The second-order valence-electron chi connectivity index (χ2n) is 4.12. The van der Waals surface area contributed by atoms with Crippen molar-refractivity contribution < 1.29 is 4.74 Å². The number of hydrogen-bond acceptors (Lipinski definition) is 4. The highest BCUT2D eigenvalue weighted by Crippen LogP contribution is 2.39. The molecule has 1 heterocycles. The molecule has 6 heteroatoms. The standard InChI is InChI=1S/C13H14Cl2N2OS/c1-7-3-4-10(18-2)8(5-7)12(17-16)9-6-11(14)19-13(9)15/h3-6,12,17H,16H2,1-2H3. The summed E-state index contributed by atoms with van der Waals surface area (Å²) in [5.74, 6) is 6.44. The van der Waals surface area contributed by atoms with Gasteiger partial charge < -0.3 is 4.74 Å². The lowest BCUT2D eigenvalue weighted by atomic mass is 9.99. The lowest BCUT2D eigenvalue weighted by molar-refractivity contribution is 0.404. The number of rotatable bonds is 4. The molecule has 0 aliphatic heterocycles. The lowest BCUT2D eigenvalue weighted by Gasteiger charge is -2.19. The van der Waals surface area contributed by atoms with Gasteiger partial charge in [0.1, 0.15) is 5.75 Å². The summed E-state index contributed by atoms with van der Waals surface area (Å²) in [4.78, 5) is 0. The highest BCUT2D eigenvalue weighted by atomic mass is 35.5. The molecule has 1 atom stereocenters. The first kappa shape index (κ1) is 14.6. The Morgan fingerprint density at radius 2 is 2.00 bits per heavy atom. The minimum atomic E-state index is -0.258. The molecule has 0 amide bonds. The van der Waals surface area contributed by atoms with Gasteiger partial charge in [-0.1, -0.05) is 40.9 Å². The van der Waals surface area contributed by atoms with Crippen molar-refractivity contribution in [1.29, 1.82) is 0 Å². The largest absolute Gasteiger partial charge is 0.496 e. The van der Waals surface area contributed by atoms with Gasteiger partial charge in [0.25, 0.3) is 0 Å². The first-order valence-electron chi connectivity index (χ1n) is 5.62. The maximum atomic E-state index is 6.20. The molecule has 3 N–H and O–H groups in total. The van der Waals surface area contributed by atoms with E-state index in [9.17, 15) is 0 Å². The molecule has 2 aromatic rings. The third kappa shape index (κ3) is 3.04. The van der Waals surface area contributed by atoms with Crippen LogP contribution in [0.3, 0.4) is 0 Å². The van der Waals surface area contributed by atoms with Crippen LogP contribution in [0.15, 0.2) is 24.3 Å². The van der Waals surface area contributed by atoms with Gasteiger partial charge in [0, 0.05) is 11.1 Å². The molecule has 0 radical (unpaired) electrons. The molecular formula is C13H14Cl2N2OS. The van der Waals surface area contributed by atoms with E-state index in [-0.39, 0.29) is 6.04 Å². The van der Waals surface area contributed by atoms with E-state index in [4.69, 9.17) is 33.8 Å². The van der Waals surface area contributed by atoms with E-state index in [0.29, 0.717) is 8.67 Å². The molecule has 0 bridgehead atoms. The fourth-order valence-electron chi connectivity index (χ4n) is 1.98. The summed E-state index contributed by atoms with van der Waals surface area (Å²) in [6.07, 6.45) is 0. The summed E-state index contributed by atoms with van der Waals surface area (Å²) in [5, 5.41) is 0. The molecule has 102 valence electrons. The Balaban J connectivity index is 2.53. The zero-order chi connectivity index (χ0) is 14.0. The van der Waals surface area contributed by atoms with Gasteiger partial charge in [0.15, 0.2) is 0 Å². The van der Waals surface area contributed by atoms with E-state index >= 15 is 0 Å². The smallest absolute Gasteiger partial charge is 0.124 e. The van der Waals surface area contributed by atoms with Crippen LogP contribution < -0.4 is 16.0 Å². The molecule has 0 saturated heterocycles. The summed E-state index contributed by atoms with van der Waals surface area (Å²) in [6, 6.07) is 7.48. The van der Waals surface area contributed by atoms with Crippen LogP contribution in [0, 0.1) is 6.92 Å². The number of thiophene rings is 1. The Labute approximate surface area is 126 Å². The Kier molecular flexibility index (Phi) is 4.71. The molecule has 3 nitrogen and oxygen atoms in total. The van der Waals surface area contributed by atoms with Crippen molar-refractivity contribution in [3.63, 3.8) is 0 Å². The van der Waals surface area contributed by atoms with Gasteiger partial charge in [-0.05, 0) is 19.1 Å². The van der Waals surface area contributed by atoms with E-state index in [0.717, 1.165) is 22.4 Å². The van der Waals surface area contributed by atoms with Crippen molar-refractivity contribution in [2.75, 3.05) is 7.11 Å². The normalized spacial score (nSPS) is 12.5. The third-order valence-electron chi connectivity index (χ3n) is 2.86. The van der Waals surface area contributed by atoms with Crippen LogP contribution >= 0.6 is 34.5 Å². The summed E-state index contributed by atoms with van der Waals surface area (Å²) in [6.45, 7) is 2.01. The van der Waals surface area contributed by atoms with Crippen molar-refractivity contribution in [3.8, 4) is 5.75 Å². The third-order valence-corrected chi connectivity index (χ3v) is 4.37. The maximum Gasteiger partial charge on any atom is 0.124 e. The number of hydrogen-bond donors (Lipinski definition) is 2. The first-order chi connectivity index (χ1) is 9.06. The van der Waals surface area contributed by atoms with Crippen LogP contribution in [0.1, 0.15) is 22.7 Å². The SMILES string of the molecule is COc1ccc(C)cc1C(NN)c1cc(Cl)sc1Cl. The second kappa shape index (κ2) is 6.11. The number of ether oxygens (including phenoxy) is 1. The summed E-state index contributed by atoms with van der Waals surface area (Å²) < 4.78 is 6.64. The number of aryl methyl sites for hydroxylation is 1. The molecule has 0 aliphatic carbocycles. The van der Waals surface area contributed by atoms with Crippen LogP contribution in [-0.4, -0.2) is 7.11 Å². The molecule has 1 unspecified atom stereocenters. The Morgan fingerprint density at radius 1 is 1.26 bits per heavy atom. The highest BCUT2D eigenvalue weighted by Gasteiger charge is 2.21. The number of nitrogens with two attached hydrogens (primary N) is 1.